The fourth-order valence-electron chi connectivity index (χ4n) is 2.93. The fourth-order valence-corrected chi connectivity index (χ4v) is 2.93. The Morgan fingerprint density at radius 2 is 1.84 bits per heavy atom. The molecule has 0 heterocycles. The van der Waals surface area contributed by atoms with Crippen LogP contribution in [0, 0.1) is 5.92 Å². The molecule has 0 aromatic carbocycles. The summed E-state index contributed by atoms with van der Waals surface area (Å²) in [6.45, 7) is 10.00. The predicted octanol–water partition coefficient (Wildman–Crippen LogP) is 2.89. The summed E-state index contributed by atoms with van der Waals surface area (Å²) in [7, 11) is 0. The molecular weight excluding hydrogens is 236 g/mol. The molecule has 112 valence electrons. The second-order valence-corrected chi connectivity index (χ2v) is 6.05. The van der Waals surface area contributed by atoms with Crippen molar-refractivity contribution in [3.63, 3.8) is 0 Å². The number of hydrogen-bond donors (Lipinski definition) is 2. The molecule has 1 aliphatic carbocycles. The van der Waals surface area contributed by atoms with Gasteiger partial charge >= 0.3 is 0 Å². The molecule has 0 aromatic rings. The third kappa shape index (κ3) is 5.01. The van der Waals surface area contributed by atoms with Crippen LogP contribution in [-0.2, 0) is 0 Å². The van der Waals surface area contributed by atoms with Crippen molar-refractivity contribution >= 4 is 5.96 Å². The lowest BCUT2D eigenvalue weighted by Crippen LogP contribution is -2.51. The molecule has 4 nitrogen and oxygen atoms in total. The molecule has 0 bridgehead atoms. The Balaban J connectivity index is 2.84. The van der Waals surface area contributed by atoms with Gasteiger partial charge in [-0.25, -0.2) is 10.8 Å². The lowest BCUT2D eigenvalue weighted by atomic mass is 10.1. The van der Waals surface area contributed by atoms with E-state index in [0.29, 0.717) is 18.0 Å². The number of hydrazine groups is 1. The number of hydrogen-bond acceptors (Lipinski definition) is 2. The second kappa shape index (κ2) is 8.41. The molecule has 0 atom stereocenters. The average molecular weight is 268 g/mol. The van der Waals surface area contributed by atoms with Crippen molar-refractivity contribution in [1.82, 2.24) is 10.3 Å². The number of nitrogens with one attached hydrogen (secondary N) is 1. The van der Waals surface area contributed by atoms with Crippen LogP contribution in [0.3, 0.4) is 0 Å². The van der Waals surface area contributed by atoms with Gasteiger partial charge in [-0.2, -0.15) is 0 Å². The van der Waals surface area contributed by atoms with E-state index in [0.717, 1.165) is 25.3 Å². The van der Waals surface area contributed by atoms with Crippen LogP contribution >= 0.6 is 0 Å². The van der Waals surface area contributed by atoms with Crippen molar-refractivity contribution < 1.29 is 0 Å². The van der Waals surface area contributed by atoms with E-state index in [9.17, 15) is 0 Å². The molecule has 0 spiro atoms. The first-order chi connectivity index (χ1) is 9.12. The van der Waals surface area contributed by atoms with Gasteiger partial charge in [-0.05, 0) is 31.6 Å². The van der Waals surface area contributed by atoms with Gasteiger partial charge in [0.15, 0.2) is 0 Å². The van der Waals surface area contributed by atoms with E-state index in [2.05, 4.69) is 38.0 Å². The van der Waals surface area contributed by atoms with Gasteiger partial charge in [-0.3, -0.25) is 5.43 Å². The van der Waals surface area contributed by atoms with Gasteiger partial charge in [0.2, 0.25) is 5.96 Å². The quantitative estimate of drug-likeness (QED) is 0.337. The Morgan fingerprint density at radius 3 is 2.26 bits per heavy atom. The molecule has 0 amide bonds. The van der Waals surface area contributed by atoms with Crippen LogP contribution < -0.4 is 11.3 Å². The third-order valence-corrected chi connectivity index (χ3v) is 3.98. The smallest absolute Gasteiger partial charge is 0.208 e. The van der Waals surface area contributed by atoms with E-state index >= 15 is 0 Å². The topological polar surface area (TPSA) is 53.6 Å². The summed E-state index contributed by atoms with van der Waals surface area (Å²) in [6, 6.07) is 0.994. The molecule has 4 heteroatoms. The Bertz CT molecular complexity index is 265. The highest BCUT2D eigenvalue weighted by Crippen LogP contribution is 2.22. The number of guanidine groups is 1. The maximum Gasteiger partial charge on any atom is 0.208 e. The number of nitrogens with two attached hydrogens (primary N) is 1. The lowest BCUT2D eigenvalue weighted by Gasteiger charge is -2.34. The molecule has 0 aromatic heterocycles. The van der Waals surface area contributed by atoms with Crippen LogP contribution in [0.15, 0.2) is 4.99 Å². The minimum atomic E-state index is 0.468. The Hall–Kier alpha value is -0.770. The maximum atomic E-state index is 5.75. The highest BCUT2D eigenvalue weighted by molar-refractivity contribution is 5.80. The van der Waals surface area contributed by atoms with Crippen molar-refractivity contribution in [3.05, 3.63) is 0 Å². The molecule has 0 saturated heterocycles. The van der Waals surface area contributed by atoms with E-state index in [4.69, 9.17) is 10.8 Å². The largest absolute Gasteiger partial charge is 0.339 e. The van der Waals surface area contributed by atoms with E-state index in [1.807, 2.05) is 0 Å². The molecule has 1 saturated carbocycles. The van der Waals surface area contributed by atoms with Crippen LogP contribution in [0.1, 0.15) is 66.2 Å². The normalized spacial score (nSPS) is 17.5. The summed E-state index contributed by atoms with van der Waals surface area (Å²) < 4.78 is 0. The zero-order chi connectivity index (χ0) is 14.3. The van der Waals surface area contributed by atoms with E-state index in [1.54, 1.807) is 0 Å². The molecule has 0 unspecified atom stereocenters. The van der Waals surface area contributed by atoms with Gasteiger partial charge in [-0.1, -0.05) is 40.5 Å². The Morgan fingerprint density at radius 1 is 1.26 bits per heavy atom. The first-order valence-corrected chi connectivity index (χ1v) is 7.93. The summed E-state index contributed by atoms with van der Waals surface area (Å²) in [6.07, 6.45) is 7.30. The maximum absolute atomic E-state index is 5.75. The highest BCUT2D eigenvalue weighted by atomic mass is 15.4. The SMILES string of the molecule is CCC(CC)N(CC(C)C)C(=NC1CCCC1)NN. The predicted molar refractivity (Wildman–Crippen MR) is 82.9 cm³/mol. The van der Waals surface area contributed by atoms with Crippen molar-refractivity contribution in [2.24, 2.45) is 16.8 Å². The summed E-state index contributed by atoms with van der Waals surface area (Å²) >= 11 is 0. The summed E-state index contributed by atoms with van der Waals surface area (Å²) in [5, 5.41) is 0. The molecule has 0 aliphatic heterocycles. The van der Waals surface area contributed by atoms with Gasteiger partial charge in [-0.15, -0.1) is 0 Å². The first kappa shape index (κ1) is 16.3. The standard InChI is InChI=1S/C15H32N4/c1-5-14(6-2)19(11-12(3)4)15(18-16)17-13-9-7-8-10-13/h12-14H,5-11,16H2,1-4H3,(H,17,18). The number of rotatable bonds is 6. The summed E-state index contributed by atoms with van der Waals surface area (Å²) in [5.74, 6) is 7.26. The molecule has 1 rings (SSSR count). The second-order valence-electron chi connectivity index (χ2n) is 6.05. The lowest BCUT2D eigenvalue weighted by molar-refractivity contribution is 0.257. The van der Waals surface area contributed by atoms with Crippen molar-refractivity contribution in [1.29, 1.82) is 0 Å². The molecule has 0 radical (unpaired) electrons. The number of aliphatic imine (C=N–C) groups is 1. The molecular formula is C15H32N4. The third-order valence-electron chi connectivity index (χ3n) is 3.98. The van der Waals surface area contributed by atoms with E-state index in [1.165, 1.54) is 25.7 Å². The van der Waals surface area contributed by atoms with Gasteiger partial charge in [0.25, 0.3) is 0 Å². The monoisotopic (exact) mass is 268 g/mol. The Kier molecular flexibility index (Phi) is 7.21. The minimum Gasteiger partial charge on any atom is -0.339 e. The summed E-state index contributed by atoms with van der Waals surface area (Å²) in [4.78, 5) is 7.25. The first-order valence-electron chi connectivity index (χ1n) is 7.93. The average Bonchev–Trinajstić information content (AvgIpc) is 2.88. The van der Waals surface area contributed by atoms with Crippen molar-refractivity contribution in [2.75, 3.05) is 6.54 Å². The highest BCUT2D eigenvalue weighted by Gasteiger charge is 2.22. The van der Waals surface area contributed by atoms with Crippen molar-refractivity contribution in [2.45, 2.75) is 78.3 Å². The zero-order valence-corrected chi connectivity index (χ0v) is 13.2. The van der Waals surface area contributed by atoms with Crippen LogP contribution in [-0.4, -0.2) is 29.5 Å². The Labute approximate surface area is 118 Å². The minimum absolute atomic E-state index is 0.468. The van der Waals surface area contributed by atoms with Crippen molar-refractivity contribution in [3.8, 4) is 0 Å². The molecule has 19 heavy (non-hydrogen) atoms. The summed E-state index contributed by atoms with van der Waals surface area (Å²) in [5.41, 5.74) is 2.86. The zero-order valence-electron chi connectivity index (χ0n) is 13.2. The van der Waals surface area contributed by atoms with Gasteiger partial charge in [0, 0.05) is 12.6 Å². The number of nitrogens with zero attached hydrogens (tertiary/aromatic N) is 2. The van der Waals surface area contributed by atoms with Gasteiger partial charge < -0.3 is 4.90 Å². The van der Waals surface area contributed by atoms with Crippen LogP contribution in [0.4, 0.5) is 0 Å². The van der Waals surface area contributed by atoms with Crippen LogP contribution in [0.25, 0.3) is 0 Å². The molecule has 3 N–H and O–H groups in total. The van der Waals surface area contributed by atoms with Crippen LogP contribution in [0.5, 0.6) is 0 Å². The van der Waals surface area contributed by atoms with E-state index < -0.39 is 0 Å². The molecule has 1 aliphatic rings. The van der Waals surface area contributed by atoms with Gasteiger partial charge in [0.1, 0.15) is 0 Å². The molecule has 1 fully saturated rings. The van der Waals surface area contributed by atoms with Crippen LogP contribution in [0.2, 0.25) is 0 Å². The van der Waals surface area contributed by atoms with Gasteiger partial charge in [0.05, 0.1) is 6.04 Å². The fraction of sp³-hybridized carbons (Fsp3) is 0.933. The van der Waals surface area contributed by atoms with E-state index in [-0.39, 0.29) is 0 Å².